The molecule has 21 heavy (non-hydrogen) atoms. The van der Waals surface area contributed by atoms with Crippen molar-refractivity contribution in [1.82, 2.24) is 9.78 Å². The quantitative estimate of drug-likeness (QED) is 0.908. The summed E-state index contributed by atoms with van der Waals surface area (Å²) in [4.78, 5) is 12.1. The molecule has 110 valence electrons. The molecule has 2 unspecified atom stereocenters. The number of nitrogens with one attached hydrogen (secondary N) is 1. The van der Waals surface area contributed by atoms with Gasteiger partial charge in [-0.05, 0) is 43.5 Å². The Balaban J connectivity index is 1.72. The molecule has 1 aromatic heterocycles. The predicted molar refractivity (Wildman–Crippen MR) is 77.5 cm³/mol. The minimum absolute atomic E-state index is 0.0751. The van der Waals surface area contributed by atoms with E-state index in [0.29, 0.717) is 17.8 Å². The van der Waals surface area contributed by atoms with Gasteiger partial charge >= 0.3 is 0 Å². The predicted octanol–water partition coefficient (Wildman–Crippen LogP) is 2.08. The van der Waals surface area contributed by atoms with E-state index in [9.17, 15) is 9.18 Å². The van der Waals surface area contributed by atoms with Gasteiger partial charge in [-0.25, -0.2) is 9.07 Å². The molecule has 1 heterocycles. The molecule has 1 aromatic carbocycles. The van der Waals surface area contributed by atoms with Gasteiger partial charge in [-0.2, -0.15) is 5.10 Å². The summed E-state index contributed by atoms with van der Waals surface area (Å²) in [5.41, 5.74) is 6.61. The summed E-state index contributed by atoms with van der Waals surface area (Å²) in [7, 11) is 0. The number of carbonyl (C=O) groups is 1. The van der Waals surface area contributed by atoms with Gasteiger partial charge in [0.1, 0.15) is 5.69 Å². The van der Waals surface area contributed by atoms with Crippen molar-refractivity contribution in [3.8, 4) is 5.69 Å². The minimum atomic E-state index is -0.431. The van der Waals surface area contributed by atoms with Gasteiger partial charge < -0.3 is 11.1 Å². The van der Waals surface area contributed by atoms with E-state index in [0.717, 1.165) is 12.8 Å². The Morgan fingerprint density at radius 2 is 2.29 bits per heavy atom. The second-order valence-electron chi connectivity index (χ2n) is 5.38. The Hall–Kier alpha value is -2.21. The van der Waals surface area contributed by atoms with Crippen LogP contribution >= 0.6 is 0 Å². The molecule has 0 spiro atoms. The molecule has 2 aromatic rings. The third-order valence-corrected chi connectivity index (χ3v) is 3.81. The molecule has 1 aliphatic rings. The molecule has 1 saturated carbocycles. The van der Waals surface area contributed by atoms with Crippen LogP contribution in [0.25, 0.3) is 5.69 Å². The highest BCUT2D eigenvalue weighted by Gasteiger charge is 2.27. The minimum Gasteiger partial charge on any atom is -0.328 e. The fraction of sp³-hybridized carbons (Fsp3) is 0.333. The summed E-state index contributed by atoms with van der Waals surface area (Å²) in [6, 6.07) is 6.40. The monoisotopic (exact) mass is 288 g/mol. The third-order valence-electron chi connectivity index (χ3n) is 3.81. The van der Waals surface area contributed by atoms with Crippen molar-refractivity contribution < 1.29 is 9.18 Å². The normalized spacial score (nSPS) is 21.4. The maximum atomic E-state index is 14.1. The highest BCUT2D eigenvalue weighted by molar-refractivity contribution is 5.92. The van der Waals surface area contributed by atoms with Crippen LogP contribution in [0.2, 0.25) is 0 Å². The average Bonchev–Trinajstić information content (AvgIpc) is 3.10. The van der Waals surface area contributed by atoms with Crippen molar-refractivity contribution in [2.45, 2.75) is 25.3 Å². The average molecular weight is 288 g/mol. The maximum Gasteiger partial charge on any atom is 0.227 e. The first-order chi connectivity index (χ1) is 10.1. The van der Waals surface area contributed by atoms with E-state index in [-0.39, 0.29) is 17.9 Å². The van der Waals surface area contributed by atoms with Gasteiger partial charge in [0.25, 0.3) is 0 Å². The van der Waals surface area contributed by atoms with Gasteiger partial charge in [-0.3, -0.25) is 4.79 Å². The Kier molecular flexibility index (Phi) is 3.70. The third kappa shape index (κ3) is 2.95. The van der Waals surface area contributed by atoms with Crippen LogP contribution < -0.4 is 11.1 Å². The van der Waals surface area contributed by atoms with Crippen LogP contribution in [0.1, 0.15) is 19.3 Å². The number of rotatable bonds is 3. The van der Waals surface area contributed by atoms with E-state index in [4.69, 9.17) is 5.73 Å². The van der Waals surface area contributed by atoms with Crippen LogP contribution in [0.15, 0.2) is 36.7 Å². The molecule has 6 heteroatoms. The zero-order chi connectivity index (χ0) is 14.8. The van der Waals surface area contributed by atoms with E-state index >= 15 is 0 Å². The molecule has 3 N–H and O–H groups in total. The van der Waals surface area contributed by atoms with Crippen molar-refractivity contribution >= 4 is 11.6 Å². The van der Waals surface area contributed by atoms with E-state index in [1.54, 1.807) is 30.6 Å². The highest BCUT2D eigenvalue weighted by atomic mass is 19.1. The number of carbonyl (C=O) groups excluding carboxylic acids is 1. The first kappa shape index (κ1) is 13.8. The van der Waals surface area contributed by atoms with E-state index in [2.05, 4.69) is 10.4 Å². The maximum absolute atomic E-state index is 14.1. The Labute approximate surface area is 121 Å². The van der Waals surface area contributed by atoms with Gasteiger partial charge in [-0.1, -0.05) is 0 Å². The molecule has 5 nitrogen and oxygen atoms in total. The lowest BCUT2D eigenvalue weighted by Crippen LogP contribution is -2.23. The van der Waals surface area contributed by atoms with Crippen molar-refractivity contribution in [1.29, 1.82) is 0 Å². The van der Waals surface area contributed by atoms with E-state index < -0.39 is 5.82 Å². The summed E-state index contributed by atoms with van der Waals surface area (Å²) in [6.07, 6.45) is 5.60. The molecule has 1 fully saturated rings. The lowest BCUT2D eigenvalue weighted by atomic mass is 10.1. The van der Waals surface area contributed by atoms with Gasteiger partial charge in [0.05, 0.1) is 0 Å². The second-order valence-corrected chi connectivity index (χ2v) is 5.38. The largest absolute Gasteiger partial charge is 0.328 e. The molecule has 0 bridgehead atoms. The SMILES string of the molecule is NC1CCC(C(=O)Nc2ccc(-n3cccn3)c(F)c2)C1. The summed E-state index contributed by atoms with van der Waals surface area (Å²) in [6.45, 7) is 0. The molecule has 0 saturated heterocycles. The summed E-state index contributed by atoms with van der Waals surface area (Å²) < 4.78 is 15.5. The number of halogens is 1. The number of nitrogens with zero attached hydrogens (tertiary/aromatic N) is 2. The lowest BCUT2D eigenvalue weighted by Gasteiger charge is -2.12. The van der Waals surface area contributed by atoms with Gasteiger partial charge in [-0.15, -0.1) is 0 Å². The number of anilines is 1. The van der Waals surface area contributed by atoms with Crippen LogP contribution in [0.5, 0.6) is 0 Å². The summed E-state index contributed by atoms with van der Waals surface area (Å²) >= 11 is 0. The van der Waals surface area contributed by atoms with Gasteiger partial charge in [0.15, 0.2) is 5.82 Å². The number of amides is 1. The zero-order valence-corrected chi connectivity index (χ0v) is 11.5. The van der Waals surface area contributed by atoms with Crippen LogP contribution in [0.4, 0.5) is 10.1 Å². The van der Waals surface area contributed by atoms with Crippen LogP contribution in [0, 0.1) is 11.7 Å². The van der Waals surface area contributed by atoms with Gasteiger partial charge in [0, 0.05) is 30.0 Å². The standard InChI is InChI=1S/C15H17FN4O/c16-13-9-12(4-5-14(13)20-7-1-6-18-20)19-15(21)10-2-3-11(17)8-10/h1,4-7,9-11H,2-3,8,17H2,(H,19,21). The number of hydrogen-bond donors (Lipinski definition) is 2. The Bertz CT molecular complexity index is 641. The molecular formula is C15H17FN4O. The van der Waals surface area contributed by atoms with Crippen molar-refractivity contribution in [3.63, 3.8) is 0 Å². The number of aromatic nitrogens is 2. The Morgan fingerprint density at radius 3 is 2.90 bits per heavy atom. The molecule has 3 rings (SSSR count). The molecule has 1 amide bonds. The number of nitrogens with two attached hydrogens (primary N) is 1. The number of benzene rings is 1. The van der Waals surface area contributed by atoms with Crippen LogP contribution in [0.3, 0.4) is 0 Å². The van der Waals surface area contributed by atoms with Gasteiger partial charge in [0.2, 0.25) is 5.91 Å². The van der Waals surface area contributed by atoms with Crippen molar-refractivity contribution in [3.05, 3.63) is 42.5 Å². The molecular weight excluding hydrogens is 271 g/mol. The van der Waals surface area contributed by atoms with Crippen molar-refractivity contribution in [2.75, 3.05) is 5.32 Å². The van der Waals surface area contributed by atoms with Crippen LogP contribution in [-0.4, -0.2) is 21.7 Å². The molecule has 0 aliphatic heterocycles. The van der Waals surface area contributed by atoms with Crippen molar-refractivity contribution in [2.24, 2.45) is 11.7 Å². The van der Waals surface area contributed by atoms with E-state index in [1.165, 1.54) is 10.7 Å². The molecule has 1 aliphatic carbocycles. The zero-order valence-electron chi connectivity index (χ0n) is 11.5. The number of hydrogen-bond acceptors (Lipinski definition) is 3. The van der Waals surface area contributed by atoms with Crippen LogP contribution in [-0.2, 0) is 4.79 Å². The van der Waals surface area contributed by atoms with E-state index in [1.807, 2.05) is 0 Å². The second kappa shape index (κ2) is 5.65. The smallest absolute Gasteiger partial charge is 0.227 e. The molecule has 2 atom stereocenters. The highest BCUT2D eigenvalue weighted by Crippen LogP contribution is 2.26. The fourth-order valence-electron chi connectivity index (χ4n) is 2.68. The lowest BCUT2D eigenvalue weighted by molar-refractivity contribution is -0.119. The fourth-order valence-corrected chi connectivity index (χ4v) is 2.68. The first-order valence-electron chi connectivity index (χ1n) is 6.99. The topological polar surface area (TPSA) is 72.9 Å². The Morgan fingerprint density at radius 1 is 1.43 bits per heavy atom. The first-order valence-corrected chi connectivity index (χ1v) is 6.99. The summed E-state index contributed by atoms with van der Waals surface area (Å²) in [5, 5.41) is 6.74. The summed E-state index contributed by atoms with van der Waals surface area (Å²) in [5.74, 6) is -0.595. The molecule has 0 radical (unpaired) electrons.